The molecule has 4 rings (SSSR count). The topological polar surface area (TPSA) is 105 Å². The van der Waals surface area contributed by atoms with Crippen molar-refractivity contribution in [2.24, 2.45) is 0 Å². The summed E-state index contributed by atoms with van der Waals surface area (Å²) in [6.07, 6.45) is 2.84. The Morgan fingerprint density at radius 1 is 1.05 bits per heavy atom. The summed E-state index contributed by atoms with van der Waals surface area (Å²) < 4.78 is 44.6. The third-order valence-electron chi connectivity index (χ3n) is 5.92. The fourth-order valence-electron chi connectivity index (χ4n) is 3.72. The quantitative estimate of drug-likeness (QED) is 0.306. The van der Waals surface area contributed by atoms with Crippen molar-refractivity contribution < 1.29 is 22.0 Å². The SMILES string of the molecule is CCS(=O)(=O)c1ncc(N(Cc2cccc(F)c2)Cc2ccco2)c(C(=O)Nc2ccc(C)c(C)c2)n1. The molecule has 0 aliphatic heterocycles. The number of hydrogen-bond donors (Lipinski definition) is 1. The van der Waals surface area contributed by atoms with E-state index in [-0.39, 0.29) is 30.2 Å². The molecule has 0 bridgehead atoms. The van der Waals surface area contributed by atoms with Crippen molar-refractivity contribution in [1.29, 1.82) is 0 Å². The maximum Gasteiger partial charge on any atom is 0.276 e. The van der Waals surface area contributed by atoms with E-state index < -0.39 is 26.7 Å². The molecule has 2 aromatic carbocycles. The number of aryl methyl sites for hydroxylation is 2. The van der Waals surface area contributed by atoms with Crippen LogP contribution in [0.5, 0.6) is 0 Å². The van der Waals surface area contributed by atoms with Crippen LogP contribution in [0.2, 0.25) is 0 Å². The standard InChI is InChI=1S/C27H27FN4O4S/c1-4-37(34,35)27-29-15-24(25(31-27)26(33)30-22-11-10-18(2)19(3)13-22)32(17-23-9-6-12-36-23)16-20-7-5-8-21(28)14-20/h5-15H,4,16-17H2,1-3H3,(H,30,33). The minimum absolute atomic E-state index is 0.122. The zero-order valence-electron chi connectivity index (χ0n) is 20.7. The Morgan fingerprint density at radius 2 is 1.86 bits per heavy atom. The summed E-state index contributed by atoms with van der Waals surface area (Å²) >= 11 is 0. The van der Waals surface area contributed by atoms with Gasteiger partial charge < -0.3 is 14.6 Å². The molecular formula is C27H27FN4O4S. The first-order valence-corrected chi connectivity index (χ1v) is 13.3. The molecule has 2 aromatic heterocycles. The van der Waals surface area contributed by atoms with E-state index >= 15 is 0 Å². The van der Waals surface area contributed by atoms with Crippen molar-refractivity contribution in [3.8, 4) is 0 Å². The Hall–Kier alpha value is -4.05. The van der Waals surface area contributed by atoms with Crippen LogP contribution in [0, 0.1) is 19.7 Å². The third-order valence-corrected chi connectivity index (χ3v) is 7.43. The minimum atomic E-state index is -3.79. The van der Waals surface area contributed by atoms with E-state index in [1.807, 2.05) is 26.0 Å². The predicted molar refractivity (Wildman–Crippen MR) is 139 cm³/mol. The summed E-state index contributed by atoms with van der Waals surface area (Å²) in [5, 5.41) is 2.38. The van der Waals surface area contributed by atoms with E-state index in [4.69, 9.17) is 4.42 Å². The van der Waals surface area contributed by atoms with Gasteiger partial charge in [-0.25, -0.2) is 22.8 Å². The minimum Gasteiger partial charge on any atom is -0.467 e. The van der Waals surface area contributed by atoms with Gasteiger partial charge in [-0.05, 0) is 66.9 Å². The number of halogens is 1. The first kappa shape index (κ1) is 26.0. The number of anilines is 2. The van der Waals surface area contributed by atoms with Gasteiger partial charge in [0.05, 0.1) is 30.4 Å². The van der Waals surface area contributed by atoms with Crippen molar-refractivity contribution >= 4 is 27.1 Å². The smallest absolute Gasteiger partial charge is 0.276 e. The van der Waals surface area contributed by atoms with Gasteiger partial charge >= 0.3 is 0 Å². The Bertz CT molecular complexity index is 1520. The summed E-state index contributed by atoms with van der Waals surface area (Å²) in [7, 11) is -3.79. The molecule has 1 N–H and O–H groups in total. The predicted octanol–water partition coefficient (Wildman–Crippen LogP) is 5.08. The highest BCUT2D eigenvalue weighted by Gasteiger charge is 2.25. The zero-order valence-corrected chi connectivity index (χ0v) is 21.5. The van der Waals surface area contributed by atoms with E-state index in [0.717, 1.165) is 11.1 Å². The molecule has 0 aliphatic rings. The van der Waals surface area contributed by atoms with Crippen LogP contribution in [0.3, 0.4) is 0 Å². The van der Waals surface area contributed by atoms with Gasteiger partial charge in [-0.1, -0.05) is 25.1 Å². The van der Waals surface area contributed by atoms with E-state index in [2.05, 4.69) is 15.3 Å². The van der Waals surface area contributed by atoms with Crippen LogP contribution in [0.1, 0.15) is 39.9 Å². The zero-order chi connectivity index (χ0) is 26.6. The van der Waals surface area contributed by atoms with E-state index in [1.165, 1.54) is 31.5 Å². The summed E-state index contributed by atoms with van der Waals surface area (Å²) in [5.74, 6) is -0.632. The van der Waals surface area contributed by atoms with Crippen LogP contribution in [0.25, 0.3) is 0 Å². The van der Waals surface area contributed by atoms with Gasteiger partial charge in [0, 0.05) is 12.2 Å². The van der Waals surface area contributed by atoms with Crippen molar-refractivity contribution in [1.82, 2.24) is 9.97 Å². The van der Waals surface area contributed by atoms with Crippen molar-refractivity contribution in [3.63, 3.8) is 0 Å². The second-order valence-corrected chi connectivity index (χ2v) is 10.8. The number of rotatable bonds is 9. The molecule has 10 heteroatoms. The molecule has 8 nitrogen and oxygen atoms in total. The first-order chi connectivity index (χ1) is 17.7. The number of carbonyl (C=O) groups is 1. The number of aromatic nitrogens is 2. The molecule has 0 radical (unpaired) electrons. The lowest BCUT2D eigenvalue weighted by Crippen LogP contribution is -2.27. The average Bonchev–Trinajstić information content (AvgIpc) is 3.39. The molecule has 0 saturated heterocycles. The van der Waals surface area contributed by atoms with Gasteiger partial charge in [-0.2, -0.15) is 0 Å². The number of sulfone groups is 1. The Kier molecular flexibility index (Phi) is 7.68. The van der Waals surface area contributed by atoms with Crippen LogP contribution in [0.4, 0.5) is 15.8 Å². The Morgan fingerprint density at radius 3 is 2.54 bits per heavy atom. The largest absolute Gasteiger partial charge is 0.467 e. The summed E-state index contributed by atoms with van der Waals surface area (Å²) in [5.41, 5.74) is 3.38. The Labute approximate surface area is 215 Å². The molecule has 0 unspecified atom stereocenters. The third kappa shape index (κ3) is 6.21. The van der Waals surface area contributed by atoms with Crippen molar-refractivity contribution in [2.45, 2.75) is 39.0 Å². The summed E-state index contributed by atoms with van der Waals surface area (Å²) in [6, 6.07) is 15.0. The fraction of sp³-hybridized carbons (Fsp3) is 0.222. The number of hydrogen-bond acceptors (Lipinski definition) is 7. The molecule has 0 aliphatic carbocycles. The molecule has 0 fully saturated rings. The molecular weight excluding hydrogens is 495 g/mol. The van der Waals surface area contributed by atoms with E-state index in [1.54, 1.807) is 35.2 Å². The maximum absolute atomic E-state index is 13.9. The van der Waals surface area contributed by atoms with Crippen LogP contribution in [-0.2, 0) is 22.9 Å². The number of nitrogens with zero attached hydrogens (tertiary/aromatic N) is 3. The second kappa shape index (κ2) is 10.9. The maximum atomic E-state index is 13.9. The number of carbonyl (C=O) groups excluding carboxylic acids is 1. The number of furan rings is 1. The highest BCUT2D eigenvalue weighted by atomic mass is 32.2. The molecule has 2 heterocycles. The first-order valence-electron chi connectivity index (χ1n) is 11.7. The second-order valence-electron chi connectivity index (χ2n) is 8.61. The van der Waals surface area contributed by atoms with Crippen molar-refractivity contribution in [3.05, 3.63) is 101 Å². The van der Waals surface area contributed by atoms with Crippen LogP contribution >= 0.6 is 0 Å². The molecule has 37 heavy (non-hydrogen) atoms. The summed E-state index contributed by atoms with van der Waals surface area (Å²) in [6.45, 7) is 5.76. The normalized spacial score (nSPS) is 11.4. The lowest BCUT2D eigenvalue weighted by molar-refractivity contribution is 0.102. The molecule has 0 spiro atoms. The molecule has 0 atom stereocenters. The molecule has 1 amide bonds. The molecule has 4 aromatic rings. The number of nitrogens with one attached hydrogen (secondary N) is 1. The molecule has 192 valence electrons. The van der Waals surface area contributed by atoms with Gasteiger partial charge in [0.2, 0.25) is 15.0 Å². The number of amides is 1. The lowest BCUT2D eigenvalue weighted by Gasteiger charge is -2.25. The van der Waals surface area contributed by atoms with Crippen LogP contribution in [0.15, 0.2) is 76.6 Å². The van der Waals surface area contributed by atoms with E-state index in [9.17, 15) is 17.6 Å². The lowest BCUT2D eigenvalue weighted by atomic mass is 10.1. The number of benzene rings is 2. The fourth-order valence-corrected chi connectivity index (χ4v) is 4.42. The van der Waals surface area contributed by atoms with Gasteiger partial charge in [0.1, 0.15) is 11.6 Å². The monoisotopic (exact) mass is 522 g/mol. The van der Waals surface area contributed by atoms with Gasteiger partial charge in [0.15, 0.2) is 5.69 Å². The van der Waals surface area contributed by atoms with Crippen LogP contribution in [-0.4, -0.2) is 30.0 Å². The van der Waals surface area contributed by atoms with Gasteiger partial charge in [0.25, 0.3) is 5.91 Å². The Balaban J connectivity index is 1.80. The van der Waals surface area contributed by atoms with Gasteiger partial charge in [-0.3, -0.25) is 4.79 Å². The highest BCUT2D eigenvalue weighted by molar-refractivity contribution is 7.91. The van der Waals surface area contributed by atoms with Crippen molar-refractivity contribution in [2.75, 3.05) is 16.0 Å². The van der Waals surface area contributed by atoms with E-state index in [0.29, 0.717) is 17.0 Å². The average molecular weight is 523 g/mol. The van der Waals surface area contributed by atoms with Crippen LogP contribution < -0.4 is 10.2 Å². The highest BCUT2D eigenvalue weighted by Crippen LogP contribution is 2.26. The summed E-state index contributed by atoms with van der Waals surface area (Å²) in [4.78, 5) is 23.5. The van der Waals surface area contributed by atoms with Gasteiger partial charge in [-0.15, -0.1) is 0 Å². The molecule has 0 saturated carbocycles.